The van der Waals surface area contributed by atoms with Crippen LogP contribution in [0.15, 0.2) is 40.6 Å². The number of rotatable bonds is 5. The van der Waals surface area contributed by atoms with Crippen LogP contribution in [0.1, 0.15) is 32.8 Å². The van der Waals surface area contributed by atoms with E-state index in [9.17, 15) is 0 Å². The first-order valence-corrected chi connectivity index (χ1v) is 11.2. The van der Waals surface area contributed by atoms with E-state index in [4.69, 9.17) is 9.39 Å². The fraction of sp³-hybridized carbons (Fsp3) is 0.526. The average molecular weight is 314 g/mol. The molecule has 0 N–H and O–H groups in total. The number of ether oxygens (including phenoxy) is 1. The van der Waals surface area contributed by atoms with Gasteiger partial charge >= 0.3 is 0 Å². The standard InChI is InChI=1S/C19H27NOSi/c1-4-22(5-2,6-3)20-18-12-16-13-21-14-17(16)19(18)15-10-8-7-9-11-15/h7-11,16H,4-6,12-14H2,1-3H3/b20-18+. The summed E-state index contributed by atoms with van der Waals surface area (Å²) in [5, 5.41) is 0. The second-order valence-electron chi connectivity index (χ2n) is 6.53. The van der Waals surface area contributed by atoms with Gasteiger partial charge in [0.2, 0.25) is 0 Å². The molecule has 1 unspecified atom stereocenters. The number of nitrogens with zero attached hydrogens (tertiary/aromatic N) is 1. The van der Waals surface area contributed by atoms with Gasteiger partial charge in [-0.2, -0.15) is 0 Å². The summed E-state index contributed by atoms with van der Waals surface area (Å²) in [7, 11) is -1.49. The highest BCUT2D eigenvalue weighted by atomic mass is 28.3. The molecular weight excluding hydrogens is 286 g/mol. The molecule has 2 nitrogen and oxygen atoms in total. The van der Waals surface area contributed by atoms with E-state index in [2.05, 4.69) is 51.1 Å². The van der Waals surface area contributed by atoms with Gasteiger partial charge in [-0.15, -0.1) is 0 Å². The van der Waals surface area contributed by atoms with Crippen molar-refractivity contribution in [1.29, 1.82) is 0 Å². The van der Waals surface area contributed by atoms with Gasteiger partial charge < -0.3 is 9.39 Å². The van der Waals surface area contributed by atoms with E-state index in [1.807, 2.05) is 0 Å². The van der Waals surface area contributed by atoms with Crippen molar-refractivity contribution in [3.05, 3.63) is 41.5 Å². The molecule has 0 radical (unpaired) electrons. The maximum atomic E-state index is 5.72. The molecule has 1 aliphatic heterocycles. The van der Waals surface area contributed by atoms with Crippen LogP contribution in [0.2, 0.25) is 18.1 Å². The minimum atomic E-state index is -1.49. The molecule has 0 amide bonds. The fourth-order valence-electron chi connectivity index (χ4n) is 3.84. The zero-order chi connectivity index (χ0) is 15.6. The lowest BCUT2D eigenvalue weighted by molar-refractivity contribution is 0.189. The van der Waals surface area contributed by atoms with Crippen molar-refractivity contribution in [2.45, 2.75) is 45.3 Å². The Hall–Kier alpha value is -1.19. The van der Waals surface area contributed by atoms with Gasteiger partial charge in [-0.1, -0.05) is 51.1 Å². The Bertz CT molecular complexity index is 578. The first-order chi connectivity index (χ1) is 10.7. The van der Waals surface area contributed by atoms with Crippen molar-refractivity contribution in [3.63, 3.8) is 0 Å². The minimum Gasteiger partial charge on any atom is -0.376 e. The molecule has 118 valence electrons. The molecule has 0 bridgehead atoms. The number of hydrogen-bond acceptors (Lipinski definition) is 2. The molecule has 22 heavy (non-hydrogen) atoms. The van der Waals surface area contributed by atoms with Gasteiger partial charge in [0.25, 0.3) is 0 Å². The van der Waals surface area contributed by atoms with E-state index in [1.165, 1.54) is 40.6 Å². The second kappa shape index (κ2) is 6.51. The summed E-state index contributed by atoms with van der Waals surface area (Å²) >= 11 is 0. The largest absolute Gasteiger partial charge is 0.376 e. The highest BCUT2D eigenvalue weighted by Crippen LogP contribution is 2.41. The first kappa shape index (κ1) is 15.7. The van der Waals surface area contributed by atoms with E-state index in [0.29, 0.717) is 5.92 Å². The third-order valence-corrected chi connectivity index (χ3v) is 10.2. The van der Waals surface area contributed by atoms with Crippen LogP contribution >= 0.6 is 0 Å². The zero-order valence-corrected chi connectivity index (χ0v) is 15.1. The molecule has 1 aromatic rings. The molecule has 3 heteroatoms. The molecule has 1 fully saturated rings. The monoisotopic (exact) mass is 313 g/mol. The molecular formula is C19H27NOSi. The molecule has 1 saturated heterocycles. The van der Waals surface area contributed by atoms with Crippen LogP contribution in [-0.2, 0) is 4.74 Å². The van der Waals surface area contributed by atoms with Crippen LogP contribution in [0.25, 0.3) is 5.57 Å². The van der Waals surface area contributed by atoms with Gasteiger partial charge in [-0.25, -0.2) is 0 Å². The molecule has 1 aromatic carbocycles. The molecule has 0 spiro atoms. The van der Waals surface area contributed by atoms with Gasteiger partial charge in [0.1, 0.15) is 0 Å². The van der Waals surface area contributed by atoms with Crippen LogP contribution in [0.4, 0.5) is 0 Å². The van der Waals surface area contributed by atoms with Gasteiger partial charge in [-0.05, 0) is 35.7 Å². The van der Waals surface area contributed by atoms with E-state index < -0.39 is 8.24 Å². The predicted octanol–water partition coefficient (Wildman–Crippen LogP) is 4.94. The van der Waals surface area contributed by atoms with Crippen LogP contribution in [-0.4, -0.2) is 27.2 Å². The molecule has 1 aliphatic carbocycles. The van der Waals surface area contributed by atoms with Crippen LogP contribution in [0.5, 0.6) is 0 Å². The van der Waals surface area contributed by atoms with E-state index >= 15 is 0 Å². The summed E-state index contributed by atoms with van der Waals surface area (Å²) in [6, 6.07) is 14.6. The SMILES string of the molecule is CC[Si](CC)(CC)/N=C1\CC2COCC2=C1c1ccccc1. The summed E-state index contributed by atoms with van der Waals surface area (Å²) in [5.74, 6) is 0.575. The van der Waals surface area contributed by atoms with Crippen molar-refractivity contribution >= 4 is 19.5 Å². The van der Waals surface area contributed by atoms with Gasteiger partial charge in [0.05, 0.1) is 13.2 Å². The molecule has 1 atom stereocenters. The second-order valence-corrected chi connectivity index (χ2v) is 11.3. The van der Waals surface area contributed by atoms with Crippen LogP contribution in [0.3, 0.4) is 0 Å². The Morgan fingerprint density at radius 3 is 2.41 bits per heavy atom. The van der Waals surface area contributed by atoms with E-state index in [-0.39, 0.29) is 0 Å². The maximum absolute atomic E-state index is 5.72. The minimum absolute atomic E-state index is 0.575. The van der Waals surface area contributed by atoms with Crippen molar-refractivity contribution in [3.8, 4) is 0 Å². The van der Waals surface area contributed by atoms with Gasteiger partial charge in [0, 0.05) is 17.2 Å². The summed E-state index contributed by atoms with van der Waals surface area (Å²) in [6.07, 6.45) is 1.09. The third-order valence-electron chi connectivity index (χ3n) is 5.53. The molecule has 0 saturated carbocycles. The Kier molecular flexibility index (Phi) is 4.64. The van der Waals surface area contributed by atoms with Crippen molar-refractivity contribution in [1.82, 2.24) is 0 Å². The number of benzene rings is 1. The first-order valence-electron chi connectivity index (χ1n) is 8.68. The Balaban J connectivity index is 2.07. The maximum Gasteiger partial charge on any atom is 0.180 e. The quantitative estimate of drug-likeness (QED) is 0.706. The molecule has 2 aliphatic rings. The summed E-state index contributed by atoms with van der Waals surface area (Å²) in [5.41, 5.74) is 5.62. The Morgan fingerprint density at radius 1 is 1.09 bits per heavy atom. The molecule has 3 rings (SSSR count). The lowest BCUT2D eigenvalue weighted by atomic mass is 10.0. The van der Waals surface area contributed by atoms with E-state index in [1.54, 1.807) is 0 Å². The fourth-order valence-corrected chi connectivity index (χ4v) is 6.59. The number of allylic oxidation sites excluding steroid dienone is 1. The topological polar surface area (TPSA) is 21.6 Å². The highest BCUT2D eigenvalue weighted by Gasteiger charge is 2.37. The normalized spacial score (nSPS) is 23.4. The van der Waals surface area contributed by atoms with Crippen molar-refractivity contribution in [2.24, 2.45) is 10.6 Å². The van der Waals surface area contributed by atoms with Crippen LogP contribution < -0.4 is 0 Å². The summed E-state index contributed by atoms with van der Waals surface area (Å²) in [4.78, 5) is 0. The lowest BCUT2D eigenvalue weighted by Gasteiger charge is -2.24. The molecule has 1 heterocycles. The Morgan fingerprint density at radius 2 is 1.77 bits per heavy atom. The third kappa shape index (κ3) is 2.72. The Labute approximate surface area is 135 Å². The van der Waals surface area contributed by atoms with Crippen molar-refractivity contribution in [2.75, 3.05) is 13.2 Å². The smallest absolute Gasteiger partial charge is 0.180 e. The van der Waals surface area contributed by atoms with Crippen molar-refractivity contribution < 1.29 is 4.74 Å². The molecule has 0 aromatic heterocycles. The predicted molar refractivity (Wildman–Crippen MR) is 96.9 cm³/mol. The average Bonchev–Trinajstić information content (AvgIpc) is 3.14. The van der Waals surface area contributed by atoms with E-state index in [0.717, 1.165) is 19.6 Å². The number of fused-ring (bicyclic) bond motifs is 1. The summed E-state index contributed by atoms with van der Waals surface area (Å²) in [6.45, 7) is 8.67. The number of hydrogen-bond donors (Lipinski definition) is 0. The summed E-state index contributed by atoms with van der Waals surface area (Å²) < 4.78 is 11.2. The zero-order valence-electron chi connectivity index (χ0n) is 14.1. The van der Waals surface area contributed by atoms with Gasteiger partial charge in [0.15, 0.2) is 8.24 Å². The highest BCUT2D eigenvalue weighted by molar-refractivity contribution is 6.79. The lowest BCUT2D eigenvalue weighted by Crippen LogP contribution is -2.30. The van der Waals surface area contributed by atoms with Crippen LogP contribution in [0, 0.1) is 5.92 Å². The van der Waals surface area contributed by atoms with Gasteiger partial charge in [-0.3, -0.25) is 0 Å².